The van der Waals surface area contributed by atoms with E-state index in [0.717, 1.165) is 25.7 Å². The summed E-state index contributed by atoms with van der Waals surface area (Å²) in [6, 6.07) is 0. The molecule has 0 aliphatic rings. The summed E-state index contributed by atoms with van der Waals surface area (Å²) in [6.45, 7) is 9.95. The lowest BCUT2D eigenvalue weighted by molar-refractivity contribution is 0.214. The normalized spacial score (nSPS) is 13.5. The van der Waals surface area contributed by atoms with Crippen LogP contribution in [0.1, 0.15) is 46.5 Å². The van der Waals surface area contributed by atoms with Gasteiger partial charge in [-0.15, -0.1) is 6.58 Å². The van der Waals surface area contributed by atoms with Gasteiger partial charge < -0.3 is 5.11 Å². The molecule has 0 radical (unpaired) electrons. The number of rotatable bonds is 7. The first kappa shape index (κ1) is 14.2. The first-order chi connectivity index (χ1) is 7.06. The van der Waals surface area contributed by atoms with E-state index in [1.54, 1.807) is 6.08 Å². The van der Waals surface area contributed by atoms with Gasteiger partial charge in [-0.3, -0.25) is 0 Å². The van der Waals surface area contributed by atoms with E-state index in [0.29, 0.717) is 0 Å². The van der Waals surface area contributed by atoms with Gasteiger partial charge in [-0.25, -0.2) is 0 Å². The first-order valence-corrected chi connectivity index (χ1v) is 5.66. The Morgan fingerprint density at radius 1 is 1.20 bits per heavy atom. The zero-order valence-corrected chi connectivity index (χ0v) is 10.3. The largest absolute Gasteiger partial charge is 0.389 e. The van der Waals surface area contributed by atoms with E-state index in [1.807, 2.05) is 0 Å². The Balaban J connectivity index is 3.70. The van der Waals surface area contributed by atoms with E-state index < -0.39 is 0 Å². The lowest BCUT2D eigenvalue weighted by Gasteiger charge is -2.02. The number of aliphatic hydroxyl groups excluding tert-OH is 1. The monoisotopic (exact) mass is 208 g/mol. The Labute approximate surface area is 94.2 Å². The summed E-state index contributed by atoms with van der Waals surface area (Å²) in [4.78, 5) is 0. The molecule has 0 spiro atoms. The van der Waals surface area contributed by atoms with Crippen LogP contribution in [-0.2, 0) is 0 Å². The predicted molar refractivity (Wildman–Crippen MR) is 67.9 cm³/mol. The maximum atomic E-state index is 9.26. The van der Waals surface area contributed by atoms with Crippen LogP contribution in [0.15, 0.2) is 36.0 Å². The standard InChI is InChI=1S/C14H24O/c1-5-14(15)11-7-10-13(4)9-6-8-12(2)3/h5,8,10,14-15H,1,6-7,9,11H2,2-4H3/b13-10+/t14-/m0/s1. The van der Waals surface area contributed by atoms with E-state index >= 15 is 0 Å². The van der Waals surface area contributed by atoms with Gasteiger partial charge >= 0.3 is 0 Å². The number of hydrogen-bond donors (Lipinski definition) is 1. The zero-order chi connectivity index (χ0) is 11.7. The molecule has 0 aromatic heterocycles. The maximum Gasteiger partial charge on any atom is 0.0721 e. The molecule has 0 fully saturated rings. The Morgan fingerprint density at radius 3 is 2.40 bits per heavy atom. The van der Waals surface area contributed by atoms with Gasteiger partial charge in [-0.05, 0) is 46.5 Å². The molecule has 15 heavy (non-hydrogen) atoms. The van der Waals surface area contributed by atoms with E-state index in [1.165, 1.54) is 11.1 Å². The molecule has 1 heteroatoms. The van der Waals surface area contributed by atoms with E-state index in [-0.39, 0.29) is 6.10 Å². The van der Waals surface area contributed by atoms with E-state index in [2.05, 4.69) is 39.5 Å². The zero-order valence-electron chi connectivity index (χ0n) is 10.3. The van der Waals surface area contributed by atoms with Crippen LogP contribution in [0.5, 0.6) is 0 Å². The van der Waals surface area contributed by atoms with Gasteiger partial charge in [-0.2, -0.15) is 0 Å². The van der Waals surface area contributed by atoms with Gasteiger partial charge in [0.05, 0.1) is 6.10 Å². The lowest BCUT2D eigenvalue weighted by Crippen LogP contribution is -1.99. The molecule has 0 amide bonds. The van der Waals surface area contributed by atoms with Crippen molar-refractivity contribution in [3.05, 3.63) is 36.0 Å². The number of allylic oxidation sites excluding steroid dienone is 4. The van der Waals surface area contributed by atoms with Crippen molar-refractivity contribution in [3.8, 4) is 0 Å². The van der Waals surface area contributed by atoms with Crippen LogP contribution in [-0.4, -0.2) is 11.2 Å². The van der Waals surface area contributed by atoms with Crippen LogP contribution in [0.2, 0.25) is 0 Å². The highest BCUT2D eigenvalue weighted by molar-refractivity contribution is 5.02. The second-order valence-electron chi connectivity index (χ2n) is 4.25. The van der Waals surface area contributed by atoms with Gasteiger partial charge in [0.1, 0.15) is 0 Å². The summed E-state index contributed by atoms with van der Waals surface area (Å²) in [5.74, 6) is 0. The molecule has 0 heterocycles. The quantitative estimate of drug-likeness (QED) is 0.627. The molecule has 0 rings (SSSR count). The molecular weight excluding hydrogens is 184 g/mol. The van der Waals surface area contributed by atoms with Crippen molar-refractivity contribution >= 4 is 0 Å². The van der Waals surface area contributed by atoms with Crippen molar-refractivity contribution in [1.82, 2.24) is 0 Å². The van der Waals surface area contributed by atoms with Crippen molar-refractivity contribution < 1.29 is 5.11 Å². The average molecular weight is 208 g/mol. The fraction of sp³-hybridized carbons (Fsp3) is 0.571. The molecule has 1 N–H and O–H groups in total. The summed E-state index contributed by atoms with van der Waals surface area (Å²) in [5, 5.41) is 9.26. The van der Waals surface area contributed by atoms with Crippen LogP contribution in [0.4, 0.5) is 0 Å². The molecule has 1 nitrogen and oxygen atoms in total. The fourth-order valence-electron chi connectivity index (χ4n) is 1.31. The average Bonchev–Trinajstić information content (AvgIpc) is 2.17. The van der Waals surface area contributed by atoms with Gasteiger partial charge in [-0.1, -0.05) is 29.4 Å². The van der Waals surface area contributed by atoms with E-state index in [4.69, 9.17) is 0 Å². The molecule has 1 atom stereocenters. The summed E-state index contributed by atoms with van der Waals surface area (Å²) in [6.07, 6.45) is 9.67. The predicted octanol–water partition coefficient (Wildman–Crippen LogP) is 4.01. The topological polar surface area (TPSA) is 20.2 Å². The van der Waals surface area contributed by atoms with Crippen LogP contribution in [0.25, 0.3) is 0 Å². The first-order valence-electron chi connectivity index (χ1n) is 5.66. The highest BCUT2D eigenvalue weighted by Gasteiger charge is 1.95. The Morgan fingerprint density at radius 2 is 1.87 bits per heavy atom. The molecule has 0 aromatic rings. The second-order valence-corrected chi connectivity index (χ2v) is 4.25. The number of hydrogen-bond acceptors (Lipinski definition) is 1. The minimum atomic E-state index is -0.355. The van der Waals surface area contributed by atoms with Gasteiger partial charge in [0.15, 0.2) is 0 Å². The molecular formula is C14H24O. The summed E-state index contributed by atoms with van der Waals surface area (Å²) in [5.41, 5.74) is 2.79. The third kappa shape index (κ3) is 9.48. The summed E-state index contributed by atoms with van der Waals surface area (Å²) < 4.78 is 0. The smallest absolute Gasteiger partial charge is 0.0721 e. The van der Waals surface area contributed by atoms with Gasteiger partial charge in [0.25, 0.3) is 0 Å². The molecule has 0 bridgehead atoms. The van der Waals surface area contributed by atoms with Crippen molar-refractivity contribution in [2.24, 2.45) is 0 Å². The molecule has 86 valence electrons. The Bertz CT molecular complexity index is 232. The van der Waals surface area contributed by atoms with Crippen molar-refractivity contribution in [2.45, 2.75) is 52.6 Å². The third-order valence-electron chi connectivity index (χ3n) is 2.32. The lowest BCUT2D eigenvalue weighted by atomic mass is 10.1. The Hall–Kier alpha value is -0.820. The number of aliphatic hydroxyl groups is 1. The highest BCUT2D eigenvalue weighted by Crippen LogP contribution is 2.09. The molecule has 0 aromatic carbocycles. The SMILES string of the molecule is C=C[C@H](O)CC/C=C(\C)CCC=C(C)C. The molecule has 0 aliphatic carbocycles. The Kier molecular flexibility index (Phi) is 8.02. The maximum absolute atomic E-state index is 9.26. The van der Waals surface area contributed by atoms with E-state index in [9.17, 15) is 5.11 Å². The molecule has 0 saturated carbocycles. The third-order valence-corrected chi connectivity index (χ3v) is 2.32. The van der Waals surface area contributed by atoms with Crippen LogP contribution in [0.3, 0.4) is 0 Å². The van der Waals surface area contributed by atoms with Crippen LogP contribution >= 0.6 is 0 Å². The van der Waals surface area contributed by atoms with Gasteiger partial charge in [0.2, 0.25) is 0 Å². The van der Waals surface area contributed by atoms with Crippen molar-refractivity contribution in [1.29, 1.82) is 0 Å². The molecule has 0 unspecified atom stereocenters. The summed E-state index contributed by atoms with van der Waals surface area (Å²) in [7, 11) is 0. The van der Waals surface area contributed by atoms with Crippen LogP contribution in [0, 0.1) is 0 Å². The van der Waals surface area contributed by atoms with Crippen molar-refractivity contribution in [3.63, 3.8) is 0 Å². The van der Waals surface area contributed by atoms with Crippen LogP contribution < -0.4 is 0 Å². The molecule has 0 aliphatic heterocycles. The molecule has 0 saturated heterocycles. The fourth-order valence-corrected chi connectivity index (χ4v) is 1.31. The van der Waals surface area contributed by atoms with Gasteiger partial charge in [0, 0.05) is 0 Å². The van der Waals surface area contributed by atoms with Crippen molar-refractivity contribution in [2.75, 3.05) is 0 Å². The minimum absolute atomic E-state index is 0.355. The minimum Gasteiger partial charge on any atom is -0.389 e. The summed E-state index contributed by atoms with van der Waals surface area (Å²) >= 11 is 0. The second kappa shape index (κ2) is 8.49. The highest BCUT2D eigenvalue weighted by atomic mass is 16.3.